The zero-order chi connectivity index (χ0) is 21.8. The average molecular weight is 468 g/mol. The van der Waals surface area contributed by atoms with E-state index in [-0.39, 0.29) is 17.7 Å². The summed E-state index contributed by atoms with van der Waals surface area (Å²) in [4.78, 5) is 27.7. The van der Waals surface area contributed by atoms with Gasteiger partial charge < -0.3 is 10.2 Å². The first kappa shape index (κ1) is 22.9. The van der Waals surface area contributed by atoms with Crippen LogP contribution < -0.4 is 5.32 Å². The molecule has 0 saturated carbocycles. The van der Waals surface area contributed by atoms with Crippen molar-refractivity contribution in [2.75, 3.05) is 13.1 Å². The maximum absolute atomic E-state index is 13.2. The normalized spacial score (nSPS) is 15.9. The minimum absolute atomic E-state index is 0.0508. The molecule has 1 saturated heterocycles. The summed E-state index contributed by atoms with van der Waals surface area (Å²) in [7, 11) is 0. The highest BCUT2D eigenvalue weighted by atomic mass is 35.5. The number of nitrogens with one attached hydrogen (secondary N) is 1. The van der Waals surface area contributed by atoms with Crippen LogP contribution >= 0.6 is 34.8 Å². The van der Waals surface area contributed by atoms with E-state index in [1.807, 2.05) is 30.9 Å². The van der Waals surface area contributed by atoms with Crippen LogP contribution in [-0.2, 0) is 4.79 Å². The molecule has 0 aromatic heterocycles. The van der Waals surface area contributed by atoms with Crippen LogP contribution in [0.2, 0.25) is 15.1 Å². The molecule has 30 heavy (non-hydrogen) atoms. The van der Waals surface area contributed by atoms with E-state index in [4.69, 9.17) is 34.8 Å². The van der Waals surface area contributed by atoms with Gasteiger partial charge in [0.25, 0.3) is 5.91 Å². The lowest BCUT2D eigenvalue weighted by atomic mass is 9.89. The predicted octanol–water partition coefficient (Wildman–Crippen LogP) is 5.81. The molecule has 1 atom stereocenters. The van der Waals surface area contributed by atoms with Gasteiger partial charge in [0.2, 0.25) is 5.91 Å². The van der Waals surface area contributed by atoms with Crippen molar-refractivity contribution in [3.8, 4) is 0 Å². The van der Waals surface area contributed by atoms with Gasteiger partial charge in [-0.2, -0.15) is 0 Å². The number of carbonyl (C=O) groups is 2. The first-order chi connectivity index (χ1) is 14.2. The number of likely N-dealkylation sites (tertiary alicyclic amines) is 1. The van der Waals surface area contributed by atoms with Crippen molar-refractivity contribution in [1.29, 1.82) is 0 Å². The number of nitrogens with zero attached hydrogens (tertiary/aromatic N) is 1. The van der Waals surface area contributed by atoms with Crippen LogP contribution in [0.5, 0.6) is 0 Å². The molecule has 1 heterocycles. The average Bonchev–Trinajstić information content (AvgIpc) is 2.71. The van der Waals surface area contributed by atoms with Crippen molar-refractivity contribution in [3.63, 3.8) is 0 Å². The Morgan fingerprint density at radius 2 is 1.50 bits per heavy atom. The Labute approximate surface area is 192 Å². The van der Waals surface area contributed by atoms with E-state index >= 15 is 0 Å². The zero-order valence-electron chi connectivity index (χ0n) is 17.0. The molecule has 1 unspecified atom stereocenters. The monoisotopic (exact) mass is 466 g/mol. The lowest BCUT2D eigenvalue weighted by Gasteiger charge is -2.35. The fourth-order valence-corrected chi connectivity index (χ4v) is 4.44. The number of benzene rings is 2. The quantitative estimate of drug-likeness (QED) is 0.603. The summed E-state index contributed by atoms with van der Waals surface area (Å²) < 4.78 is 0. The van der Waals surface area contributed by atoms with Crippen molar-refractivity contribution in [1.82, 2.24) is 10.2 Å². The standard InChI is InChI=1S/C23H25Cl3N2O2/c1-14(2)21(27-22(29)17-11-19(25)13-20(26)12-17)23(30)28-9-7-16(8-10-28)15-3-5-18(24)6-4-15/h3-6,11-14,16,21H,7-10H2,1-2H3,(H,27,29). The molecule has 160 valence electrons. The SMILES string of the molecule is CC(C)C(NC(=O)c1cc(Cl)cc(Cl)c1)C(=O)N1CCC(c2ccc(Cl)cc2)CC1. The molecule has 3 rings (SSSR count). The van der Waals surface area contributed by atoms with E-state index in [0.29, 0.717) is 34.6 Å². The van der Waals surface area contributed by atoms with E-state index < -0.39 is 6.04 Å². The molecule has 0 radical (unpaired) electrons. The fourth-order valence-electron chi connectivity index (χ4n) is 3.79. The first-order valence-corrected chi connectivity index (χ1v) is 11.2. The van der Waals surface area contributed by atoms with Crippen molar-refractivity contribution >= 4 is 46.6 Å². The number of carbonyl (C=O) groups excluding carboxylic acids is 2. The number of rotatable bonds is 5. The topological polar surface area (TPSA) is 49.4 Å². The van der Waals surface area contributed by atoms with Gasteiger partial charge in [-0.1, -0.05) is 60.8 Å². The molecule has 0 aliphatic carbocycles. The Hall–Kier alpha value is -1.75. The summed E-state index contributed by atoms with van der Waals surface area (Å²) in [5.41, 5.74) is 1.59. The molecule has 2 aromatic rings. The lowest BCUT2D eigenvalue weighted by Crippen LogP contribution is -2.52. The van der Waals surface area contributed by atoms with Crippen LogP contribution in [0.1, 0.15) is 48.5 Å². The molecule has 1 fully saturated rings. The van der Waals surface area contributed by atoms with E-state index in [0.717, 1.165) is 17.9 Å². The van der Waals surface area contributed by atoms with Crippen molar-refractivity contribution < 1.29 is 9.59 Å². The summed E-state index contributed by atoms with van der Waals surface area (Å²) in [5, 5.41) is 4.35. The molecule has 7 heteroatoms. The van der Waals surface area contributed by atoms with Gasteiger partial charge in [0.05, 0.1) is 0 Å². The maximum Gasteiger partial charge on any atom is 0.252 e. The van der Waals surface area contributed by atoms with E-state index in [1.54, 1.807) is 18.2 Å². The van der Waals surface area contributed by atoms with Crippen LogP contribution in [0.3, 0.4) is 0 Å². The smallest absolute Gasteiger partial charge is 0.252 e. The molecule has 0 bridgehead atoms. The van der Waals surface area contributed by atoms with E-state index in [9.17, 15) is 9.59 Å². The second-order valence-corrected chi connectivity index (χ2v) is 9.31. The number of hydrogen-bond donors (Lipinski definition) is 1. The highest BCUT2D eigenvalue weighted by Gasteiger charge is 2.31. The van der Waals surface area contributed by atoms with Gasteiger partial charge in [0.1, 0.15) is 6.04 Å². The Morgan fingerprint density at radius 1 is 0.933 bits per heavy atom. The van der Waals surface area contributed by atoms with Crippen LogP contribution in [0, 0.1) is 5.92 Å². The highest BCUT2D eigenvalue weighted by molar-refractivity contribution is 6.35. The molecule has 4 nitrogen and oxygen atoms in total. The third-order valence-corrected chi connectivity index (χ3v) is 6.18. The van der Waals surface area contributed by atoms with E-state index in [2.05, 4.69) is 17.4 Å². The number of hydrogen-bond acceptors (Lipinski definition) is 2. The van der Waals surface area contributed by atoms with Crippen LogP contribution in [0.25, 0.3) is 0 Å². The van der Waals surface area contributed by atoms with Gasteiger partial charge in [0.15, 0.2) is 0 Å². The minimum atomic E-state index is -0.609. The molecule has 0 spiro atoms. The molecular formula is C23H25Cl3N2O2. The third kappa shape index (κ3) is 5.69. The number of halogens is 3. The van der Waals surface area contributed by atoms with E-state index in [1.165, 1.54) is 5.56 Å². The predicted molar refractivity (Wildman–Crippen MR) is 123 cm³/mol. The first-order valence-electron chi connectivity index (χ1n) is 10.1. The summed E-state index contributed by atoms with van der Waals surface area (Å²) in [6.07, 6.45) is 1.77. The summed E-state index contributed by atoms with van der Waals surface area (Å²) in [6.45, 7) is 5.17. The van der Waals surface area contributed by atoms with Gasteiger partial charge >= 0.3 is 0 Å². The zero-order valence-corrected chi connectivity index (χ0v) is 19.3. The lowest BCUT2D eigenvalue weighted by molar-refractivity contribution is -0.135. The highest BCUT2D eigenvalue weighted by Crippen LogP contribution is 2.29. The summed E-state index contributed by atoms with van der Waals surface area (Å²) in [6, 6.07) is 12.0. The Kier molecular flexibility index (Phi) is 7.67. The van der Waals surface area contributed by atoms with Gasteiger partial charge in [-0.25, -0.2) is 0 Å². The molecule has 2 amide bonds. The molecule has 1 aliphatic rings. The van der Waals surface area contributed by atoms with Crippen LogP contribution in [-0.4, -0.2) is 35.8 Å². The van der Waals surface area contributed by atoms with Crippen LogP contribution in [0.15, 0.2) is 42.5 Å². The fraction of sp³-hybridized carbons (Fsp3) is 0.391. The Bertz CT molecular complexity index is 887. The molecule has 2 aromatic carbocycles. The summed E-state index contributed by atoms with van der Waals surface area (Å²) in [5.74, 6) is -0.0550. The Balaban J connectivity index is 1.64. The van der Waals surface area contributed by atoms with Gasteiger partial charge in [-0.15, -0.1) is 0 Å². The van der Waals surface area contributed by atoms with Gasteiger partial charge in [-0.05, 0) is 60.6 Å². The maximum atomic E-state index is 13.2. The minimum Gasteiger partial charge on any atom is -0.341 e. The molecular weight excluding hydrogens is 443 g/mol. The number of piperidine rings is 1. The second-order valence-electron chi connectivity index (χ2n) is 8.00. The summed E-state index contributed by atoms with van der Waals surface area (Å²) >= 11 is 18.0. The van der Waals surface area contributed by atoms with Crippen molar-refractivity contribution in [2.45, 2.75) is 38.6 Å². The van der Waals surface area contributed by atoms with Crippen molar-refractivity contribution in [2.24, 2.45) is 5.92 Å². The van der Waals surface area contributed by atoms with Gasteiger partial charge in [-0.3, -0.25) is 9.59 Å². The second kappa shape index (κ2) is 10.0. The van der Waals surface area contributed by atoms with Crippen molar-refractivity contribution in [3.05, 3.63) is 68.7 Å². The third-order valence-electron chi connectivity index (χ3n) is 5.49. The molecule has 1 aliphatic heterocycles. The molecule has 1 N–H and O–H groups in total. The largest absolute Gasteiger partial charge is 0.341 e. The number of amides is 2. The van der Waals surface area contributed by atoms with Crippen LogP contribution in [0.4, 0.5) is 0 Å². The van der Waals surface area contributed by atoms with Gasteiger partial charge in [0, 0.05) is 33.7 Å². The Morgan fingerprint density at radius 3 is 2.03 bits per heavy atom.